The van der Waals surface area contributed by atoms with Gasteiger partial charge in [-0.3, -0.25) is 14.9 Å². The van der Waals surface area contributed by atoms with Crippen molar-refractivity contribution in [2.45, 2.75) is 25.2 Å². The molecule has 0 bridgehead atoms. The van der Waals surface area contributed by atoms with Crippen molar-refractivity contribution in [3.8, 4) is 0 Å². The molecule has 0 aliphatic carbocycles. The van der Waals surface area contributed by atoms with Crippen LogP contribution in [0, 0.1) is 24.0 Å². The van der Waals surface area contributed by atoms with Crippen LogP contribution in [0.15, 0.2) is 47.4 Å². The van der Waals surface area contributed by atoms with Gasteiger partial charge < -0.3 is 5.32 Å². The van der Waals surface area contributed by atoms with Crippen molar-refractivity contribution in [2.24, 2.45) is 0 Å². The van der Waals surface area contributed by atoms with Crippen LogP contribution >= 0.6 is 0 Å². The van der Waals surface area contributed by atoms with E-state index in [4.69, 9.17) is 0 Å². The lowest BCUT2D eigenvalue weighted by Crippen LogP contribution is -2.28. The molecule has 0 radical (unpaired) electrons. The Morgan fingerprint density at radius 1 is 1.12 bits per heavy atom. The fraction of sp³-hybridized carbons (Fsp3) is 0.235. The highest BCUT2D eigenvalue weighted by Crippen LogP contribution is 2.21. The minimum atomic E-state index is -3.69. The molecule has 0 atom stereocenters. The smallest absolute Gasteiger partial charge is 0.271 e. The van der Waals surface area contributed by atoms with Gasteiger partial charge in [-0.2, -0.15) is 0 Å². The van der Waals surface area contributed by atoms with E-state index in [1.54, 1.807) is 19.1 Å². The van der Waals surface area contributed by atoms with Gasteiger partial charge in [0.2, 0.25) is 15.9 Å². The highest BCUT2D eigenvalue weighted by atomic mass is 32.2. The van der Waals surface area contributed by atoms with Gasteiger partial charge in [0.25, 0.3) is 5.69 Å². The molecule has 2 aromatic rings. The number of amides is 1. The molecule has 0 aliphatic heterocycles. The highest BCUT2D eigenvalue weighted by molar-refractivity contribution is 7.89. The molecule has 2 rings (SSSR count). The minimum absolute atomic E-state index is 0.0873. The third kappa shape index (κ3) is 5.11. The largest absolute Gasteiger partial charge is 0.326 e. The highest BCUT2D eigenvalue weighted by Gasteiger charge is 2.15. The van der Waals surface area contributed by atoms with E-state index in [2.05, 4.69) is 10.0 Å². The molecule has 0 spiro atoms. The number of rotatable bonds is 7. The molecule has 0 unspecified atom stereocenters. The number of hydrogen-bond acceptors (Lipinski definition) is 5. The normalized spacial score (nSPS) is 11.2. The first-order valence-corrected chi connectivity index (χ1v) is 9.28. The second kappa shape index (κ2) is 8.07. The number of benzene rings is 2. The van der Waals surface area contributed by atoms with E-state index < -0.39 is 20.9 Å². The number of anilines is 1. The molecule has 1 amide bonds. The summed E-state index contributed by atoms with van der Waals surface area (Å²) in [6.45, 7) is 3.47. The van der Waals surface area contributed by atoms with E-state index in [1.807, 2.05) is 6.92 Å². The van der Waals surface area contributed by atoms with Crippen LogP contribution in [0.4, 0.5) is 11.4 Å². The lowest BCUT2D eigenvalue weighted by molar-refractivity contribution is -0.384. The second-order valence-corrected chi connectivity index (χ2v) is 7.53. The van der Waals surface area contributed by atoms with E-state index in [1.165, 1.54) is 30.3 Å². The third-order valence-corrected chi connectivity index (χ3v) is 5.16. The van der Waals surface area contributed by atoms with E-state index in [0.29, 0.717) is 11.3 Å². The van der Waals surface area contributed by atoms with Gasteiger partial charge in [0, 0.05) is 25.1 Å². The van der Waals surface area contributed by atoms with Crippen LogP contribution in [0.2, 0.25) is 0 Å². The zero-order valence-electron chi connectivity index (χ0n) is 14.4. The summed E-state index contributed by atoms with van der Waals surface area (Å²) in [6, 6.07) is 10.5. The van der Waals surface area contributed by atoms with Gasteiger partial charge in [0.15, 0.2) is 0 Å². The lowest BCUT2D eigenvalue weighted by atomic mass is 10.2. The molecular weight excluding hydrogens is 358 g/mol. The molecule has 0 fully saturated rings. The van der Waals surface area contributed by atoms with Gasteiger partial charge in [0.05, 0.1) is 15.5 Å². The third-order valence-electron chi connectivity index (χ3n) is 3.68. The first kappa shape index (κ1) is 19.5. The van der Waals surface area contributed by atoms with Gasteiger partial charge in [-0.25, -0.2) is 13.1 Å². The Morgan fingerprint density at radius 2 is 1.77 bits per heavy atom. The maximum Gasteiger partial charge on any atom is 0.271 e. The summed E-state index contributed by atoms with van der Waals surface area (Å²) in [5, 5.41) is 13.4. The first-order chi connectivity index (χ1) is 12.2. The Hall–Kier alpha value is -2.78. The van der Waals surface area contributed by atoms with Gasteiger partial charge in [-0.1, -0.05) is 23.8 Å². The van der Waals surface area contributed by atoms with Crippen LogP contribution in [0.25, 0.3) is 0 Å². The number of nitro benzene ring substituents is 1. The summed E-state index contributed by atoms with van der Waals surface area (Å²) in [4.78, 5) is 22.4. The van der Waals surface area contributed by atoms with Crippen molar-refractivity contribution < 1.29 is 18.1 Å². The standard InChI is InChI=1S/C17H19N3O5S/c1-12-3-7-15(8-4-12)26(24,25)18-10-9-17(21)19-16-11-14(20(22)23)6-5-13(16)2/h3-8,11,18H,9-10H2,1-2H3,(H,19,21). The molecule has 26 heavy (non-hydrogen) atoms. The number of carbonyl (C=O) groups excluding carboxylic acids is 1. The summed E-state index contributed by atoms with van der Waals surface area (Å²) in [5.74, 6) is -0.444. The van der Waals surface area contributed by atoms with Crippen LogP contribution in [-0.4, -0.2) is 25.8 Å². The maximum absolute atomic E-state index is 12.1. The van der Waals surface area contributed by atoms with Gasteiger partial charge in [-0.15, -0.1) is 0 Å². The summed E-state index contributed by atoms with van der Waals surface area (Å²) < 4.78 is 26.6. The molecule has 0 heterocycles. The number of aryl methyl sites for hydroxylation is 2. The molecule has 8 nitrogen and oxygen atoms in total. The zero-order valence-corrected chi connectivity index (χ0v) is 15.2. The number of hydrogen-bond donors (Lipinski definition) is 2. The molecule has 0 saturated carbocycles. The Balaban J connectivity index is 1.94. The van der Waals surface area contributed by atoms with Crippen LogP contribution in [-0.2, 0) is 14.8 Å². The number of non-ortho nitro benzene ring substituents is 1. The topological polar surface area (TPSA) is 118 Å². The van der Waals surface area contributed by atoms with Gasteiger partial charge >= 0.3 is 0 Å². The molecule has 9 heteroatoms. The van der Waals surface area contributed by atoms with Crippen molar-refractivity contribution in [3.05, 3.63) is 63.7 Å². The molecule has 2 aromatic carbocycles. The van der Waals surface area contributed by atoms with Crippen molar-refractivity contribution in [1.29, 1.82) is 0 Å². The predicted octanol–water partition coefficient (Wildman–Crippen LogP) is 2.52. The summed E-state index contributed by atoms with van der Waals surface area (Å²) in [5.41, 5.74) is 1.80. The maximum atomic E-state index is 12.1. The summed E-state index contributed by atoms with van der Waals surface area (Å²) in [6.07, 6.45) is -0.104. The Kier molecular flexibility index (Phi) is 6.06. The fourth-order valence-corrected chi connectivity index (χ4v) is 3.20. The van der Waals surface area contributed by atoms with Crippen molar-refractivity contribution in [1.82, 2.24) is 4.72 Å². The van der Waals surface area contributed by atoms with Gasteiger partial charge in [-0.05, 0) is 31.5 Å². The second-order valence-electron chi connectivity index (χ2n) is 5.77. The molecular formula is C17H19N3O5S. The monoisotopic (exact) mass is 377 g/mol. The van der Waals surface area contributed by atoms with E-state index in [0.717, 1.165) is 5.56 Å². The zero-order chi connectivity index (χ0) is 19.3. The van der Waals surface area contributed by atoms with Crippen LogP contribution in [0.5, 0.6) is 0 Å². The predicted molar refractivity (Wildman–Crippen MR) is 97.4 cm³/mol. The number of sulfonamides is 1. The quantitative estimate of drug-likeness (QED) is 0.568. The Bertz CT molecular complexity index is 924. The lowest BCUT2D eigenvalue weighted by Gasteiger charge is -2.09. The molecule has 2 N–H and O–H groups in total. The van der Waals surface area contributed by atoms with Crippen LogP contribution < -0.4 is 10.0 Å². The van der Waals surface area contributed by atoms with Crippen LogP contribution in [0.1, 0.15) is 17.5 Å². The minimum Gasteiger partial charge on any atom is -0.326 e. The van der Waals surface area contributed by atoms with Gasteiger partial charge in [0.1, 0.15) is 0 Å². The summed E-state index contributed by atoms with van der Waals surface area (Å²) >= 11 is 0. The van der Waals surface area contributed by atoms with Crippen molar-refractivity contribution in [3.63, 3.8) is 0 Å². The SMILES string of the molecule is Cc1ccc(S(=O)(=O)NCCC(=O)Nc2cc([N+](=O)[O-])ccc2C)cc1. The molecule has 0 aliphatic rings. The molecule has 138 valence electrons. The number of nitrogens with one attached hydrogen (secondary N) is 2. The number of nitro groups is 1. The molecule has 0 aromatic heterocycles. The van der Waals surface area contributed by atoms with Crippen molar-refractivity contribution in [2.75, 3.05) is 11.9 Å². The molecule has 0 saturated heterocycles. The average molecular weight is 377 g/mol. The number of nitrogens with zero attached hydrogens (tertiary/aromatic N) is 1. The Morgan fingerprint density at radius 3 is 2.38 bits per heavy atom. The Labute approximate surface area is 151 Å². The first-order valence-electron chi connectivity index (χ1n) is 7.80. The van der Waals surface area contributed by atoms with E-state index in [-0.39, 0.29) is 23.5 Å². The van der Waals surface area contributed by atoms with E-state index >= 15 is 0 Å². The summed E-state index contributed by atoms with van der Waals surface area (Å²) in [7, 11) is -3.69. The van der Waals surface area contributed by atoms with E-state index in [9.17, 15) is 23.3 Å². The fourth-order valence-electron chi connectivity index (χ4n) is 2.17. The number of carbonyl (C=O) groups is 1. The van der Waals surface area contributed by atoms with Crippen molar-refractivity contribution >= 4 is 27.3 Å². The average Bonchev–Trinajstić information content (AvgIpc) is 2.57. The van der Waals surface area contributed by atoms with Crippen LogP contribution in [0.3, 0.4) is 0 Å².